The van der Waals surface area contributed by atoms with Crippen LogP contribution in [0.5, 0.6) is 0 Å². The van der Waals surface area contributed by atoms with Crippen LogP contribution >= 0.6 is 23.2 Å². The molecule has 7 nitrogen and oxygen atoms in total. The van der Waals surface area contributed by atoms with E-state index < -0.39 is 0 Å². The molecule has 0 saturated carbocycles. The summed E-state index contributed by atoms with van der Waals surface area (Å²) in [7, 11) is 1.79. The Kier molecular flexibility index (Phi) is 8.09. The van der Waals surface area contributed by atoms with Crippen molar-refractivity contribution in [2.24, 2.45) is 0 Å². The van der Waals surface area contributed by atoms with Gasteiger partial charge in [-0.05, 0) is 28.8 Å². The van der Waals surface area contributed by atoms with Crippen LogP contribution in [-0.4, -0.2) is 65.2 Å². The van der Waals surface area contributed by atoms with Crippen molar-refractivity contribution in [1.82, 2.24) is 19.4 Å². The maximum absolute atomic E-state index is 13.6. The minimum Gasteiger partial charge on any atom is -0.379 e. The number of fused-ring (bicyclic) bond motifs is 1. The van der Waals surface area contributed by atoms with Crippen LogP contribution in [0.2, 0.25) is 10.0 Å². The van der Waals surface area contributed by atoms with Gasteiger partial charge in [0.15, 0.2) is 0 Å². The number of hydrogen-bond donors (Lipinski definition) is 0. The Hall–Kier alpha value is -3.23. The summed E-state index contributed by atoms with van der Waals surface area (Å²) in [5.74, 6) is -0.198. The molecule has 1 amide bonds. The number of rotatable bonds is 7. The third-order valence-electron chi connectivity index (χ3n) is 6.98. The van der Waals surface area contributed by atoms with Crippen LogP contribution in [0.3, 0.4) is 0 Å². The van der Waals surface area contributed by atoms with Gasteiger partial charge in [0.1, 0.15) is 6.54 Å². The highest BCUT2D eigenvalue weighted by Gasteiger charge is 2.26. The Balaban J connectivity index is 1.44. The van der Waals surface area contributed by atoms with E-state index in [1.165, 1.54) is 10.8 Å². The maximum Gasteiger partial charge on any atom is 0.269 e. The SMILES string of the molecule is CN(C(=O)Cn1c(=O)cnc2cc(Cl)c(Cl)cc21)C(CN1CCOCC1)c1ccc(-c2ccccc2)cc1. The Labute approximate surface area is 231 Å². The highest BCUT2D eigenvalue weighted by molar-refractivity contribution is 6.42. The molecule has 0 N–H and O–H groups in total. The van der Waals surface area contributed by atoms with E-state index in [-0.39, 0.29) is 24.1 Å². The summed E-state index contributed by atoms with van der Waals surface area (Å²) < 4.78 is 6.92. The molecular formula is C29H28Cl2N4O3. The fourth-order valence-electron chi connectivity index (χ4n) is 4.75. The van der Waals surface area contributed by atoms with Crippen LogP contribution in [0.4, 0.5) is 0 Å². The number of halogens is 2. The Morgan fingerprint density at radius 3 is 2.37 bits per heavy atom. The number of nitrogens with zero attached hydrogens (tertiary/aromatic N) is 4. The zero-order valence-electron chi connectivity index (χ0n) is 21.0. The summed E-state index contributed by atoms with van der Waals surface area (Å²) in [5.41, 5.74) is 3.85. The monoisotopic (exact) mass is 550 g/mol. The second kappa shape index (κ2) is 11.7. The van der Waals surface area contributed by atoms with Crippen LogP contribution in [0.25, 0.3) is 22.2 Å². The predicted octanol–water partition coefficient (Wildman–Crippen LogP) is 4.90. The molecule has 1 atom stereocenters. The van der Waals surface area contributed by atoms with Gasteiger partial charge < -0.3 is 9.64 Å². The van der Waals surface area contributed by atoms with E-state index in [1.807, 2.05) is 18.2 Å². The quantitative estimate of drug-likeness (QED) is 0.327. The molecule has 196 valence electrons. The number of morpholine rings is 1. The number of ether oxygens (including phenoxy) is 1. The number of hydrogen-bond acceptors (Lipinski definition) is 5. The minimum atomic E-state index is -0.380. The van der Waals surface area contributed by atoms with E-state index in [4.69, 9.17) is 27.9 Å². The predicted molar refractivity (Wildman–Crippen MR) is 151 cm³/mol. The maximum atomic E-state index is 13.6. The highest BCUT2D eigenvalue weighted by atomic mass is 35.5. The molecule has 1 aliphatic rings. The van der Waals surface area contributed by atoms with Gasteiger partial charge >= 0.3 is 0 Å². The molecule has 38 heavy (non-hydrogen) atoms. The van der Waals surface area contributed by atoms with Gasteiger partial charge in [-0.25, -0.2) is 4.98 Å². The van der Waals surface area contributed by atoms with Gasteiger partial charge in [0.2, 0.25) is 5.91 Å². The lowest BCUT2D eigenvalue weighted by molar-refractivity contribution is -0.133. The largest absolute Gasteiger partial charge is 0.379 e. The fourth-order valence-corrected chi connectivity index (χ4v) is 5.07. The molecule has 4 aromatic rings. The molecule has 1 fully saturated rings. The lowest BCUT2D eigenvalue weighted by Gasteiger charge is -2.35. The molecule has 0 radical (unpaired) electrons. The normalized spacial score (nSPS) is 14.9. The summed E-state index contributed by atoms with van der Waals surface area (Å²) in [6.45, 7) is 3.44. The van der Waals surface area contributed by atoms with Gasteiger partial charge in [0, 0.05) is 26.7 Å². The van der Waals surface area contributed by atoms with E-state index in [9.17, 15) is 9.59 Å². The van der Waals surface area contributed by atoms with E-state index in [2.05, 4.69) is 46.3 Å². The Morgan fingerprint density at radius 1 is 1.00 bits per heavy atom. The molecule has 1 unspecified atom stereocenters. The molecule has 9 heteroatoms. The summed E-state index contributed by atoms with van der Waals surface area (Å²) >= 11 is 12.4. The first-order valence-electron chi connectivity index (χ1n) is 12.5. The van der Waals surface area contributed by atoms with E-state index >= 15 is 0 Å². The third-order valence-corrected chi connectivity index (χ3v) is 7.70. The average molecular weight is 551 g/mol. The van der Waals surface area contributed by atoms with Gasteiger partial charge in [-0.15, -0.1) is 0 Å². The molecular weight excluding hydrogens is 523 g/mol. The Morgan fingerprint density at radius 2 is 1.66 bits per heavy atom. The van der Waals surface area contributed by atoms with Gasteiger partial charge in [-0.3, -0.25) is 19.1 Å². The fraction of sp³-hybridized carbons (Fsp3) is 0.276. The summed E-state index contributed by atoms with van der Waals surface area (Å²) in [4.78, 5) is 34.6. The summed E-state index contributed by atoms with van der Waals surface area (Å²) in [6, 6.07) is 21.5. The number of amides is 1. The van der Waals surface area contributed by atoms with Gasteiger partial charge in [0.25, 0.3) is 5.56 Å². The molecule has 5 rings (SSSR count). The average Bonchev–Trinajstić information content (AvgIpc) is 2.95. The van der Waals surface area contributed by atoms with Crippen LogP contribution in [0.15, 0.2) is 77.7 Å². The second-order valence-corrected chi connectivity index (χ2v) is 10.2. The van der Waals surface area contributed by atoms with Crippen LogP contribution in [0.1, 0.15) is 11.6 Å². The Bertz CT molecular complexity index is 1490. The van der Waals surface area contributed by atoms with Gasteiger partial charge in [0.05, 0.1) is 46.5 Å². The van der Waals surface area contributed by atoms with Crippen LogP contribution < -0.4 is 5.56 Å². The first-order chi connectivity index (χ1) is 18.4. The molecule has 0 spiro atoms. The number of aromatic nitrogens is 2. The van der Waals surface area contributed by atoms with E-state index in [1.54, 1.807) is 24.1 Å². The molecule has 1 aliphatic heterocycles. The number of carbonyl (C=O) groups excluding carboxylic acids is 1. The standard InChI is InChI=1S/C29H28Cl2N4O3/c1-33(29(37)19-35-26-16-24(31)23(30)15-25(26)32-17-28(35)36)27(18-34-11-13-38-14-12-34)22-9-7-21(8-10-22)20-5-3-2-4-6-20/h2-10,15-17,27H,11-14,18-19H2,1H3. The lowest BCUT2D eigenvalue weighted by Crippen LogP contribution is -2.45. The number of carbonyl (C=O) groups is 1. The van der Waals surface area contributed by atoms with Crippen molar-refractivity contribution in [3.8, 4) is 11.1 Å². The molecule has 3 aromatic carbocycles. The summed E-state index contributed by atoms with van der Waals surface area (Å²) in [5, 5.41) is 0.634. The first kappa shape index (κ1) is 26.4. The van der Waals surface area contributed by atoms with E-state index in [0.29, 0.717) is 40.8 Å². The van der Waals surface area contributed by atoms with Crippen molar-refractivity contribution < 1.29 is 9.53 Å². The second-order valence-electron chi connectivity index (χ2n) is 9.36. The molecule has 2 heterocycles. The summed E-state index contributed by atoms with van der Waals surface area (Å²) in [6.07, 6.45) is 1.20. The van der Waals surface area contributed by atoms with Crippen molar-refractivity contribution in [3.63, 3.8) is 0 Å². The lowest BCUT2D eigenvalue weighted by atomic mass is 9.99. The van der Waals surface area contributed by atoms with Crippen molar-refractivity contribution >= 4 is 40.1 Å². The molecule has 0 bridgehead atoms. The van der Waals surface area contributed by atoms with Crippen molar-refractivity contribution in [3.05, 3.63) is 98.9 Å². The van der Waals surface area contributed by atoms with Gasteiger partial charge in [-0.1, -0.05) is 77.8 Å². The third kappa shape index (κ3) is 5.76. The molecule has 0 aliphatic carbocycles. The van der Waals surface area contributed by atoms with Crippen LogP contribution in [0, 0.1) is 0 Å². The zero-order valence-corrected chi connectivity index (χ0v) is 22.5. The van der Waals surface area contributed by atoms with Gasteiger partial charge in [-0.2, -0.15) is 0 Å². The molecule has 1 aromatic heterocycles. The van der Waals surface area contributed by atoms with Crippen molar-refractivity contribution in [1.29, 1.82) is 0 Å². The zero-order chi connectivity index (χ0) is 26.6. The molecule has 1 saturated heterocycles. The number of benzene rings is 3. The van der Waals surface area contributed by atoms with Crippen molar-refractivity contribution in [2.45, 2.75) is 12.6 Å². The highest BCUT2D eigenvalue weighted by Crippen LogP contribution is 2.28. The van der Waals surface area contributed by atoms with Crippen LogP contribution in [-0.2, 0) is 16.1 Å². The topological polar surface area (TPSA) is 67.7 Å². The minimum absolute atomic E-state index is 0.145. The first-order valence-corrected chi connectivity index (χ1v) is 13.2. The number of likely N-dealkylation sites (N-methyl/N-ethyl adjacent to an activating group) is 1. The van der Waals surface area contributed by atoms with E-state index in [0.717, 1.165) is 29.8 Å². The van der Waals surface area contributed by atoms with Crippen molar-refractivity contribution in [2.75, 3.05) is 39.9 Å². The smallest absolute Gasteiger partial charge is 0.269 e.